The van der Waals surface area contributed by atoms with Crippen molar-refractivity contribution < 1.29 is 19.4 Å². The van der Waals surface area contributed by atoms with Crippen molar-refractivity contribution in [2.75, 3.05) is 30.0 Å². The Morgan fingerprint density at radius 3 is 2.78 bits per heavy atom. The van der Waals surface area contributed by atoms with E-state index in [4.69, 9.17) is 16.3 Å². The van der Waals surface area contributed by atoms with E-state index < -0.39 is 17.7 Å². The monoisotopic (exact) mass is 531 g/mol. The molecule has 1 fully saturated rings. The van der Waals surface area contributed by atoms with Crippen LogP contribution in [0.5, 0.6) is 5.75 Å². The van der Waals surface area contributed by atoms with Crippen LogP contribution in [0.1, 0.15) is 22.7 Å². The number of thiazole rings is 1. The summed E-state index contributed by atoms with van der Waals surface area (Å²) in [5.74, 6) is -1.03. The normalized spacial score (nSPS) is 18.8. The molecule has 186 valence electrons. The highest BCUT2D eigenvalue weighted by molar-refractivity contribution is 7.22. The van der Waals surface area contributed by atoms with Gasteiger partial charge in [0.05, 0.1) is 34.1 Å². The molecule has 1 unspecified atom stereocenters. The second-order valence-electron chi connectivity index (χ2n) is 9.14. The van der Waals surface area contributed by atoms with E-state index in [2.05, 4.69) is 4.98 Å². The summed E-state index contributed by atoms with van der Waals surface area (Å²) >= 11 is 7.44. The van der Waals surface area contributed by atoms with Gasteiger partial charge in [-0.05, 0) is 48.9 Å². The number of ketones is 1. The number of Topliss-reactive ketones (excluding diaryl/α,β-unsaturated/α-hetero) is 1. The highest BCUT2D eigenvalue weighted by Gasteiger charge is 2.48. The smallest absolute Gasteiger partial charge is 0.301 e. The Balaban J connectivity index is 1.55. The number of halogens is 1. The number of aromatic nitrogens is 1. The Morgan fingerprint density at radius 2 is 1.97 bits per heavy atom. The van der Waals surface area contributed by atoms with Gasteiger partial charge in [0, 0.05) is 17.6 Å². The van der Waals surface area contributed by atoms with Crippen molar-refractivity contribution in [3.63, 3.8) is 0 Å². The second kappa shape index (κ2) is 8.90. The highest BCUT2D eigenvalue weighted by atomic mass is 35.5. The zero-order valence-electron chi connectivity index (χ0n) is 20.1. The number of carbonyl (C=O) groups excluding carboxylic acids is 2. The predicted octanol–water partition coefficient (Wildman–Crippen LogP) is 5.71. The predicted molar refractivity (Wildman–Crippen MR) is 146 cm³/mol. The molecule has 2 aliphatic rings. The molecule has 3 heterocycles. The molecule has 1 aromatic heterocycles. The third kappa shape index (κ3) is 3.93. The lowest BCUT2D eigenvalue weighted by molar-refractivity contribution is -0.132. The van der Waals surface area contributed by atoms with Gasteiger partial charge in [0.2, 0.25) is 0 Å². The van der Waals surface area contributed by atoms with Crippen molar-refractivity contribution in [2.24, 2.45) is 0 Å². The number of fused-ring (bicyclic) bond motifs is 2. The molecule has 9 heteroatoms. The van der Waals surface area contributed by atoms with E-state index in [1.807, 2.05) is 43.1 Å². The first-order chi connectivity index (χ1) is 17.8. The van der Waals surface area contributed by atoms with Gasteiger partial charge < -0.3 is 14.7 Å². The second-order valence-corrected chi connectivity index (χ2v) is 10.6. The maximum absolute atomic E-state index is 13.5. The fourth-order valence-corrected chi connectivity index (χ4v) is 6.10. The summed E-state index contributed by atoms with van der Waals surface area (Å²) in [4.78, 5) is 35.0. The molecular weight excluding hydrogens is 510 g/mol. The number of ether oxygens (including phenoxy) is 1. The summed E-state index contributed by atoms with van der Waals surface area (Å²) in [6, 6.07) is 17.3. The Hall–Kier alpha value is -3.88. The Morgan fingerprint density at radius 1 is 1.14 bits per heavy atom. The van der Waals surface area contributed by atoms with Gasteiger partial charge in [0.15, 0.2) is 5.13 Å². The van der Waals surface area contributed by atoms with Crippen LogP contribution in [0.3, 0.4) is 0 Å². The molecule has 7 nitrogen and oxygen atoms in total. The number of hydrogen-bond donors (Lipinski definition) is 1. The van der Waals surface area contributed by atoms with Crippen molar-refractivity contribution in [2.45, 2.75) is 13.0 Å². The molecule has 0 radical (unpaired) electrons. The minimum absolute atomic E-state index is 0.0206. The number of rotatable bonds is 3. The van der Waals surface area contributed by atoms with Crippen LogP contribution in [0.15, 0.2) is 66.2 Å². The average molecular weight is 532 g/mol. The molecule has 37 heavy (non-hydrogen) atoms. The molecule has 2 aliphatic heterocycles. The summed E-state index contributed by atoms with van der Waals surface area (Å²) in [6.45, 7) is 3.21. The molecule has 0 bridgehead atoms. The standard InChI is InChI=1S/C28H22ClN3O4S/c1-15-4-3-5-16(12-15)24-23(25(33)17-6-9-21-20(13-17)31(2)10-11-36-21)26(34)27(35)32(24)28-30-19-8-7-18(29)14-22(19)37-28/h3-9,12-14,24,33H,10-11H2,1-2H3/b25-23+. The van der Waals surface area contributed by atoms with Crippen LogP contribution in [-0.4, -0.2) is 42.0 Å². The lowest BCUT2D eigenvalue weighted by Crippen LogP contribution is -2.29. The number of aliphatic hydroxyl groups is 1. The molecule has 0 saturated carbocycles. The molecule has 1 atom stereocenters. The number of aryl methyl sites for hydroxylation is 1. The van der Waals surface area contributed by atoms with Crippen LogP contribution in [0, 0.1) is 6.92 Å². The minimum Gasteiger partial charge on any atom is -0.507 e. The van der Waals surface area contributed by atoms with E-state index in [9.17, 15) is 14.7 Å². The van der Waals surface area contributed by atoms with E-state index in [1.165, 1.54) is 16.2 Å². The van der Waals surface area contributed by atoms with Crippen molar-refractivity contribution in [3.05, 3.63) is 87.9 Å². The number of anilines is 2. The van der Waals surface area contributed by atoms with Gasteiger partial charge in [-0.25, -0.2) is 4.98 Å². The van der Waals surface area contributed by atoms with E-state index >= 15 is 0 Å². The molecular formula is C28H22ClN3O4S. The lowest BCUT2D eigenvalue weighted by Gasteiger charge is -2.28. The summed E-state index contributed by atoms with van der Waals surface area (Å²) in [5, 5.41) is 12.4. The highest BCUT2D eigenvalue weighted by Crippen LogP contribution is 2.45. The summed E-state index contributed by atoms with van der Waals surface area (Å²) in [5.41, 5.74) is 3.60. The van der Waals surface area contributed by atoms with Gasteiger partial charge in [0.1, 0.15) is 18.1 Å². The first-order valence-electron chi connectivity index (χ1n) is 11.7. The third-order valence-electron chi connectivity index (χ3n) is 6.68. The molecule has 3 aromatic carbocycles. The number of carbonyl (C=O) groups is 2. The quantitative estimate of drug-likeness (QED) is 0.207. The van der Waals surface area contributed by atoms with Gasteiger partial charge in [-0.15, -0.1) is 0 Å². The molecule has 0 aliphatic carbocycles. The molecule has 1 amide bonds. The minimum atomic E-state index is -0.846. The van der Waals surface area contributed by atoms with E-state index in [0.717, 1.165) is 16.0 Å². The fraction of sp³-hybridized carbons (Fsp3) is 0.179. The lowest BCUT2D eigenvalue weighted by atomic mass is 9.94. The number of benzene rings is 3. The molecule has 0 spiro atoms. The van der Waals surface area contributed by atoms with Crippen molar-refractivity contribution in [1.29, 1.82) is 0 Å². The molecule has 1 N–H and O–H groups in total. The van der Waals surface area contributed by atoms with E-state index in [1.54, 1.807) is 36.4 Å². The van der Waals surface area contributed by atoms with Crippen LogP contribution >= 0.6 is 22.9 Å². The molecule has 6 rings (SSSR count). The average Bonchev–Trinajstić information content (AvgIpc) is 3.41. The zero-order chi connectivity index (χ0) is 25.8. The van der Waals surface area contributed by atoms with Crippen LogP contribution < -0.4 is 14.5 Å². The Kier molecular flexibility index (Phi) is 5.66. The maximum atomic E-state index is 13.5. The Labute approximate surface area is 222 Å². The van der Waals surface area contributed by atoms with Crippen molar-refractivity contribution in [3.8, 4) is 5.75 Å². The number of amides is 1. The Bertz CT molecular complexity index is 1630. The summed E-state index contributed by atoms with van der Waals surface area (Å²) in [6.07, 6.45) is 0. The maximum Gasteiger partial charge on any atom is 0.301 e. The van der Waals surface area contributed by atoms with Crippen LogP contribution in [0.25, 0.3) is 16.0 Å². The van der Waals surface area contributed by atoms with E-state index in [-0.39, 0.29) is 11.3 Å². The van der Waals surface area contributed by atoms with Crippen LogP contribution in [-0.2, 0) is 9.59 Å². The number of nitrogens with zero attached hydrogens (tertiary/aromatic N) is 3. The first kappa shape index (κ1) is 23.5. The molecule has 4 aromatic rings. The van der Waals surface area contributed by atoms with Gasteiger partial charge in [-0.1, -0.05) is 52.8 Å². The molecule has 1 saturated heterocycles. The van der Waals surface area contributed by atoms with Crippen molar-refractivity contribution in [1.82, 2.24) is 4.98 Å². The van der Waals surface area contributed by atoms with Gasteiger partial charge in [0.25, 0.3) is 5.78 Å². The number of likely N-dealkylation sites (N-methyl/N-ethyl adjacent to an activating group) is 1. The largest absolute Gasteiger partial charge is 0.507 e. The van der Waals surface area contributed by atoms with Gasteiger partial charge >= 0.3 is 5.91 Å². The van der Waals surface area contributed by atoms with Crippen LogP contribution in [0.4, 0.5) is 10.8 Å². The fourth-order valence-electron chi connectivity index (χ4n) is 4.83. The van der Waals surface area contributed by atoms with E-state index in [0.29, 0.717) is 45.7 Å². The summed E-state index contributed by atoms with van der Waals surface area (Å²) < 4.78 is 6.52. The summed E-state index contributed by atoms with van der Waals surface area (Å²) in [7, 11) is 1.94. The first-order valence-corrected chi connectivity index (χ1v) is 12.9. The third-order valence-corrected chi connectivity index (χ3v) is 7.93. The number of hydrogen-bond acceptors (Lipinski definition) is 7. The topological polar surface area (TPSA) is 83.0 Å². The van der Waals surface area contributed by atoms with Crippen molar-refractivity contribution >= 4 is 61.4 Å². The number of aliphatic hydroxyl groups excluding tert-OH is 1. The SMILES string of the molecule is Cc1cccc(C2/C(=C(\O)c3ccc4c(c3)N(C)CCO4)C(=O)C(=O)N2c2nc3ccc(Cl)cc3s2)c1. The van der Waals surface area contributed by atoms with Gasteiger partial charge in [-0.3, -0.25) is 14.5 Å². The van der Waals surface area contributed by atoms with Gasteiger partial charge in [-0.2, -0.15) is 0 Å². The van der Waals surface area contributed by atoms with Crippen LogP contribution in [0.2, 0.25) is 5.02 Å². The zero-order valence-corrected chi connectivity index (χ0v) is 21.6.